The summed E-state index contributed by atoms with van der Waals surface area (Å²) in [4.78, 5) is 20.9. The van der Waals surface area contributed by atoms with Gasteiger partial charge in [-0.15, -0.1) is 0 Å². The van der Waals surface area contributed by atoms with Crippen LogP contribution in [0.5, 0.6) is 0 Å². The molecule has 0 atom stereocenters. The van der Waals surface area contributed by atoms with Crippen LogP contribution in [0.3, 0.4) is 0 Å². The van der Waals surface area contributed by atoms with Gasteiger partial charge in [0.15, 0.2) is 5.96 Å². The molecule has 1 rings (SSSR count). The van der Waals surface area contributed by atoms with Gasteiger partial charge in [-0.2, -0.15) is 0 Å². The molecular formula is C17H36N6O. The highest BCUT2D eigenvalue weighted by molar-refractivity contribution is 5.86. The van der Waals surface area contributed by atoms with E-state index in [2.05, 4.69) is 37.8 Å². The number of likely N-dealkylation sites (N-methyl/N-ethyl adjacent to an activating group) is 1. The van der Waals surface area contributed by atoms with Gasteiger partial charge in [0.25, 0.3) is 0 Å². The van der Waals surface area contributed by atoms with Crippen LogP contribution in [0, 0.1) is 0 Å². The Morgan fingerprint density at radius 1 is 1.12 bits per heavy atom. The molecule has 7 heteroatoms. The number of hydrogen-bond acceptors (Lipinski definition) is 4. The molecule has 1 aliphatic rings. The Morgan fingerprint density at radius 2 is 1.88 bits per heavy atom. The van der Waals surface area contributed by atoms with E-state index in [4.69, 9.17) is 0 Å². The molecule has 0 aliphatic carbocycles. The summed E-state index contributed by atoms with van der Waals surface area (Å²) in [6, 6.07) is 0. The molecule has 1 heterocycles. The first-order valence-corrected chi connectivity index (χ1v) is 8.96. The van der Waals surface area contributed by atoms with Crippen LogP contribution < -0.4 is 16.0 Å². The summed E-state index contributed by atoms with van der Waals surface area (Å²) in [6.07, 6.45) is 2.31. The van der Waals surface area contributed by atoms with Gasteiger partial charge in [-0.3, -0.25) is 9.79 Å². The third-order valence-corrected chi connectivity index (χ3v) is 3.91. The van der Waals surface area contributed by atoms with Crippen molar-refractivity contribution in [2.45, 2.75) is 39.2 Å². The Kier molecular flexibility index (Phi) is 9.07. The van der Waals surface area contributed by atoms with Crippen molar-refractivity contribution in [3.63, 3.8) is 0 Å². The Balaban J connectivity index is 2.16. The lowest BCUT2D eigenvalue weighted by atomic mass is 10.1. The fourth-order valence-corrected chi connectivity index (χ4v) is 2.68. The Hall–Kier alpha value is -1.34. The Bertz CT molecular complexity index is 404. The van der Waals surface area contributed by atoms with Crippen LogP contribution in [0.2, 0.25) is 0 Å². The molecule has 0 aromatic rings. The zero-order chi connectivity index (χ0) is 18.0. The first kappa shape index (κ1) is 20.7. The van der Waals surface area contributed by atoms with Crippen LogP contribution in [0.25, 0.3) is 0 Å². The summed E-state index contributed by atoms with van der Waals surface area (Å²) in [5.41, 5.74) is -0.211. The highest BCUT2D eigenvalue weighted by atomic mass is 16.2. The van der Waals surface area contributed by atoms with E-state index in [1.54, 1.807) is 7.05 Å². The van der Waals surface area contributed by atoms with E-state index >= 15 is 0 Å². The fourth-order valence-electron chi connectivity index (χ4n) is 2.68. The summed E-state index contributed by atoms with van der Waals surface area (Å²) in [5, 5.41) is 9.25. The highest BCUT2D eigenvalue weighted by Crippen LogP contribution is 2.01. The third-order valence-electron chi connectivity index (χ3n) is 3.91. The quantitative estimate of drug-likeness (QED) is 0.363. The van der Waals surface area contributed by atoms with Crippen molar-refractivity contribution in [3.05, 3.63) is 0 Å². The van der Waals surface area contributed by atoms with Gasteiger partial charge in [-0.25, -0.2) is 0 Å². The molecule has 0 aromatic heterocycles. The molecule has 0 bridgehead atoms. The van der Waals surface area contributed by atoms with Gasteiger partial charge >= 0.3 is 0 Å². The van der Waals surface area contributed by atoms with Crippen LogP contribution in [0.4, 0.5) is 0 Å². The monoisotopic (exact) mass is 340 g/mol. The molecule has 0 aromatic carbocycles. The molecule has 0 radical (unpaired) electrons. The van der Waals surface area contributed by atoms with E-state index in [1.807, 2.05) is 20.8 Å². The summed E-state index contributed by atoms with van der Waals surface area (Å²) in [6.45, 7) is 12.8. The van der Waals surface area contributed by atoms with Gasteiger partial charge in [0, 0.05) is 32.2 Å². The molecule has 0 unspecified atom stereocenters. The predicted molar refractivity (Wildman–Crippen MR) is 100 cm³/mol. The zero-order valence-corrected chi connectivity index (χ0v) is 16.1. The highest BCUT2D eigenvalue weighted by Gasteiger charge is 2.14. The van der Waals surface area contributed by atoms with Crippen molar-refractivity contribution in [3.8, 4) is 0 Å². The Labute approximate surface area is 147 Å². The number of nitrogens with zero attached hydrogens (tertiary/aromatic N) is 3. The number of guanidine groups is 1. The molecule has 1 saturated heterocycles. The van der Waals surface area contributed by atoms with Gasteiger partial charge in [-0.1, -0.05) is 0 Å². The lowest BCUT2D eigenvalue weighted by Crippen LogP contribution is -2.48. The van der Waals surface area contributed by atoms with Gasteiger partial charge < -0.3 is 25.8 Å². The molecule has 1 fully saturated rings. The van der Waals surface area contributed by atoms with Gasteiger partial charge in [0.1, 0.15) is 0 Å². The normalized spacial score (nSPS) is 18.1. The average Bonchev–Trinajstić information content (AvgIpc) is 2.69. The summed E-state index contributed by atoms with van der Waals surface area (Å²) in [7, 11) is 3.91. The second-order valence-electron chi connectivity index (χ2n) is 7.50. The van der Waals surface area contributed by atoms with E-state index in [0.717, 1.165) is 32.6 Å². The van der Waals surface area contributed by atoms with E-state index < -0.39 is 0 Å². The molecule has 0 saturated carbocycles. The number of carbonyl (C=O) groups is 1. The molecular weight excluding hydrogens is 304 g/mol. The lowest BCUT2D eigenvalue weighted by molar-refractivity contribution is -0.121. The Morgan fingerprint density at radius 3 is 2.54 bits per heavy atom. The number of hydrogen-bond donors (Lipinski definition) is 3. The van der Waals surface area contributed by atoms with E-state index in [1.165, 1.54) is 19.5 Å². The number of amides is 1. The van der Waals surface area contributed by atoms with Crippen molar-refractivity contribution in [1.29, 1.82) is 0 Å². The van der Waals surface area contributed by atoms with Crippen LogP contribution in [0.15, 0.2) is 4.99 Å². The van der Waals surface area contributed by atoms with Crippen molar-refractivity contribution < 1.29 is 4.79 Å². The van der Waals surface area contributed by atoms with Gasteiger partial charge in [-0.05, 0) is 60.3 Å². The number of carbonyl (C=O) groups excluding carboxylic acids is 1. The molecule has 1 amide bonds. The third kappa shape index (κ3) is 9.72. The van der Waals surface area contributed by atoms with Crippen LogP contribution >= 0.6 is 0 Å². The summed E-state index contributed by atoms with van der Waals surface area (Å²) in [5.74, 6) is 0.647. The first-order valence-electron chi connectivity index (χ1n) is 8.96. The minimum atomic E-state index is -0.211. The topological polar surface area (TPSA) is 72.0 Å². The predicted octanol–water partition coefficient (Wildman–Crippen LogP) is 0.0937. The number of rotatable bonds is 6. The molecule has 7 nitrogen and oxygen atoms in total. The fraction of sp³-hybridized carbons (Fsp3) is 0.882. The minimum Gasteiger partial charge on any atom is -0.356 e. The largest absolute Gasteiger partial charge is 0.356 e. The molecule has 3 N–H and O–H groups in total. The van der Waals surface area contributed by atoms with E-state index in [-0.39, 0.29) is 18.0 Å². The average molecular weight is 341 g/mol. The molecule has 140 valence electrons. The van der Waals surface area contributed by atoms with Crippen LogP contribution in [-0.2, 0) is 4.79 Å². The lowest BCUT2D eigenvalue weighted by Gasteiger charge is -2.21. The van der Waals surface area contributed by atoms with Crippen molar-refractivity contribution in [1.82, 2.24) is 25.8 Å². The van der Waals surface area contributed by atoms with Crippen molar-refractivity contribution >= 4 is 11.9 Å². The second-order valence-corrected chi connectivity index (χ2v) is 7.50. The van der Waals surface area contributed by atoms with Crippen molar-refractivity contribution in [2.75, 3.05) is 59.9 Å². The first-order chi connectivity index (χ1) is 11.3. The summed E-state index contributed by atoms with van der Waals surface area (Å²) < 4.78 is 0. The van der Waals surface area contributed by atoms with Gasteiger partial charge in [0.2, 0.25) is 5.91 Å². The summed E-state index contributed by atoms with van der Waals surface area (Å²) >= 11 is 0. The molecule has 1 aliphatic heterocycles. The smallest absolute Gasteiger partial charge is 0.239 e. The van der Waals surface area contributed by atoms with Crippen LogP contribution in [-0.4, -0.2) is 87.1 Å². The maximum atomic E-state index is 11.8. The molecule has 24 heavy (non-hydrogen) atoms. The maximum Gasteiger partial charge on any atom is 0.239 e. The SMILES string of the molecule is CN=C(NCCCN1CCCN(C)CC1)NCC(=O)NC(C)(C)C. The minimum absolute atomic E-state index is 0.0286. The number of aliphatic imine (C=N–C) groups is 1. The number of nitrogens with one attached hydrogen (secondary N) is 3. The molecule has 0 spiro atoms. The van der Waals surface area contributed by atoms with Crippen molar-refractivity contribution in [2.24, 2.45) is 4.99 Å². The zero-order valence-electron chi connectivity index (χ0n) is 16.1. The standard InChI is InChI=1S/C17H36N6O/c1-17(2,3)21-15(24)14-20-16(18-4)19-8-6-10-23-11-7-9-22(5)12-13-23/h6-14H2,1-5H3,(H,21,24)(H2,18,19,20). The van der Waals surface area contributed by atoms with E-state index in [0.29, 0.717) is 5.96 Å². The van der Waals surface area contributed by atoms with Gasteiger partial charge in [0.05, 0.1) is 6.54 Å². The maximum absolute atomic E-state index is 11.8. The van der Waals surface area contributed by atoms with E-state index in [9.17, 15) is 4.79 Å². The van der Waals surface area contributed by atoms with Crippen LogP contribution in [0.1, 0.15) is 33.6 Å². The second kappa shape index (κ2) is 10.5.